The SMILES string of the molecule is Cc1nnc(NCc2ccccc2N2CCCC2)s1. The maximum atomic E-state index is 4.10. The van der Waals surface area contributed by atoms with E-state index in [-0.39, 0.29) is 0 Å². The van der Waals surface area contributed by atoms with Crippen LogP contribution in [0.1, 0.15) is 23.4 Å². The Balaban J connectivity index is 1.73. The highest BCUT2D eigenvalue weighted by atomic mass is 32.1. The van der Waals surface area contributed by atoms with Crippen molar-refractivity contribution in [3.05, 3.63) is 34.8 Å². The maximum absolute atomic E-state index is 4.10. The first-order valence-electron chi connectivity index (χ1n) is 6.70. The van der Waals surface area contributed by atoms with Crippen molar-refractivity contribution in [3.63, 3.8) is 0 Å². The number of hydrogen-bond acceptors (Lipinski definition) is 5. The lowest BCUT2D eigenvalue weighted by Crippen LogP contribution is -2.19. The van der Waals surface area contributed by atoms with Gasteiger partial charge in [0.05, 0.1) is 0 Å². The summed E-state index contributed by atoms with van der Waals surface area (Å²) < 4.78 is 0. The fraction of sp³-hybridized carbons (Fsp3) is 0.429. The highest BCUT2D eigenvalue weighted by molar-refractivity contribution is 7.15. The zero-order valence-electron chi connectivity index (χ0n) is 11.1. The van der Waals surface area contributed by atoms with E-state index in [1.807, 2.05) is 6.92 Å². The Morgan fingerprint density at radius 3 is 2.74 bits per heavy atom. The van der Waals surface area contributed by atoms with Crippen molar-refractivity contribution >= 4 is 22.2 Å². The summed E-state index contributed by atoms with van der Waals surface area (Å²) in [5.74, 6) is 0. The van der Waals surface area contributed by atoms with Gasteiger partial charge in [-0.2, -0.15) is 0 Å². The van der Waals surface area contributed by atoms with E-state index in [1.165, 1.54) is 37.2 Å². The van der Waals surface area contributed by atoms with Gasteiger partial charge in [-0.1, -0.05) is 29.5 Å². The molecule has 0 atom stereocenters. The third-order valence-electron chi connectivity index (χ3n) is 3.39. The lowest BCUT2D eigenvalue weighted by atomic mass is 10.1. The highest BCUT2D eigenvalue weighted by Crippen LogP contribution is 2.25. The Bertz CT molecular complexity index is 546. The van der Waals surface area contributed by atoms with Crippen LogP contribution in [0.5, 0.6) is 0 Å². The molecule has 5 heteroatoms. The molecule has 4 nitrogen and oxygen atoms in total. The first-order valence-corrected chi connectivity index (χ1v) is 7.51. The molecule has 1 aromatic carbocycles. The van der Waals surface area contributed by atoms with Crippen molar-refractivity contribution < 1.29 is 0 Å². The molecular weight excluding hydrogens is 256 g/mol. The van der Waals surface area contributed by atoms with Crippen LogP contribution in [-0.2, 0) is 6.54 Å². The number of anilines is 2. The molecule has 0 unspecified atom stereocenters. The molecule has 0 radical (unpaired) electrons. The first-order chi connectivity index (χ1) is 9.33. The summed E-state index contributed by atoms with van der Waals surface area (Å²) in [7, 11) is 0. The molecule has 19 heavy (non-hydrogen) atoms. The minimum atomic E-state index is 0.807. The second-order valence-electron chi connectivity index (χ2n) is 4.80. The van der Waals surface area contributed by atoms with Crippen LogP contribution < -0.4 is 10.2 Å². The monoisotopic (exact) mass is 274 g/mol. The van der Waals surface area contributed by atoms with Gasteiger partial charge in [0.1, 0.15) is 5.01 Å². The van der Waals surface area contributed by atoms with Crippen LogP contribution in [-0.4, -0.2) is 23.3 Å². The van der Waals surface area contributed by atoms with E-state index in [0.29, 0.717) is 0 Å². The molecule has 1 N–H and O–H groups in total. The number of rotatable bonds is 4. The summed E-state index contributed by atoms with van der Waals surface area (Å²) in [6.07, 6.45) is 2.61. The summed E-state index contributed by atoms with van der Waals surface area (Å²) in [5, 5.41) is 13.4. The quantitative estimate of drug-likeness (QED) is 0.930. The Hall–Kier alpha value is -1.62. The fourth-order valence-corrected chi connectivity index (χ4v) is 3.05. The predicted octanol–water partition coefficient (Wildman–Crippen LogP) is 3.06. The third-order valence-corrected chi connectivity index (χ3v) is 4.19. The van der Waals surface area contributed by atoms with E-state index in [0.717, 1.165) is 16.7 Å². The molecule has 1 aliphatic rings. The molecule has 1 fully saturated rings. The van der Waals surface area contributed by atoms with Gasteiger partial charge in [-0.05, 0) is 31.4 Å². The standard InChI is InChI=1S/C14H18N4S/c1-11-16-17-14(19-11)15-10-12-6-2-3-7-13(12)18-8-4-5-9-18/h2-3,6-7H,4-5,8-10H2,1H3,(H,15,17). The van der Waals surface area contributed by atoms with Crippen LogP contribution >= 0.6 is 11.3 Å². The minimum absolute atomic E-state index is 0.807. The molecule has 2 heterocycles. The molecule has 1 aromatic heterocycles. The van der Waals surface area contributed by atoms with E-state index in [1.54, 1.807) is 11.3 Å². The summed E-state index contributed by atoms with van der Waals surface area (Å²) in [6, 6.07) is 8.62. The van der Waals surface area contributed by atoms with Crippen molar-refractivity contribution in [2.24, 2.45) is 0 Å². The van der Waals surface area contributed by atoms with Crippen molar-refractivity contribution in [2.75, 3.05) is 23.3 Å². The average Bonchev–Trinajstić information content (AvgIpc) is 3.08. The van der Waals surface area contributed by atoms with Crippen molar-refractivity contribution in [3.8, 4) is 0 Å². The predicted molar refractivity (Wildman–Crippen MR) is 79.9 cm³/mol. The fourth-order valence-electron chi connectivity index (χ4n) is 2.47. The number of hydrogen-bond donors (Lipinski definition) is 1. The van der Waals surface area contributed by atoms with E-state index >= 15 is 0 Å². The number of nitrogens with zero attached hydrogens (tertiary/aromatic N) is 3. The van der Waals surface area contributed by atoms with E-state index in [2.05, 4.69) is 44.7 Å². The van der Waals surface area contributed by atoms with Crippen LogP contribution in [0.15, 0.2) is 24.3 Å². The molecule has 0 spiro atoms. The van der Waals surface area contributed by atoms with Gasteiger partial charge in [-0.25, -0.2) is 0 Å². The average molecular weight is 274 g/mol. The van der Waals surface area contributed by atoms with Gasteiger partial charge in [-0.15, -0.1) is 10.2 Å². The number of benzene rings is 1. The van der Waals surface area contributed by atoms with E-state index in [4.69, 9.17) is 0 Å². The topological polar surface area (TPSA) is 41.1 Å². The van der Waals surface area contributed by atoms with Crippen LogP contribution in [0.4, 0.5) is 10.8 Å². The Morgan fingerprint density at radius 2 is 2.00 bits per heavy atom. The molecule has 3 rings (SSSR count). The highest BCUT2D eigenvalue weighted by Gasteiger charge is 2.15. The van der Waals surface area contributed by atoms with Crippen LogP contribution in [0, 0.1) is 6.92 Å². The lowest BCUT2D eigenvalue weighted by Gasteiger charge is -2.21. The molecule has 0 aliphatic carbocycles. The van der Waals surface area contributed by atoms with E-state index < -0.39 is 0 Å². The molecule has 1 saturated heterocycles. The summed E-state index contributed by atoms with van der Waals surface area (Å²) in [6.45, 7) is 5.13. The Morgan fingerprint density at radius 1 is 1.21 bits per heavy atom. The summed E-state index contributed by atoms with van der Waals surface area (Å²) >= 11 is 1.60. The van der Waals surface area contributed by atoms with Crippen molar-refractivity contribution in [2.45, 2.75) is 26.3 Å². The zero-order chi connectivity index (χ0) is 13.1. The van der Waals surface area contributed by atoms with Gasteiger partial charge in [0.25, 0.3) is 0 Å². The molecule has 1 aliphatic heterocycles. The smallest absolute Gasteiger partial charge is 0.205 e. The number of aryl methyl sites for hydroxylation is 1. The third kappa shape index (κ3) is 2.87. The van der Waals surface area contributed by atoms with E-state index in [9.17, 15) is 0 Å². The largest absolute Gasteiger partial charge is 0.371 e. The lowest BCUT2D eigenvalue weighted by molar-refractivity contribution is 0.947. The Kier molecular flexibility index (Phi) is 3.64. The normalized spacial score (nSPS) is 14.9. The van der Waals surface area contributed by atoms with Gasteiger partial charge in [0, 0.05) is 25.3 Å². The maximum Gasteiger partial charge on any atom is 0.205 e. The first kappa shape index (κ1) is 12.4. The summed E-state index contributed by atoms with van der Waals surface area (Å²) in [5.41, 5.74) is 2.69. The van der Waals surface area contributed by atoms with Crippen molar-refractivity contribution in [1.29, 1.82) is 0 Å². The number of nitrogens with one attached hydrogen (secondary N) is 1. The second-order valence-corrected chi connectivity index (χ2v) is 5.98. The zero-order valence-corrected chi connectivity index (χ0v) is 11.9. The van der Waals surface area contributed by atoms with Gasteiger partial charge in [0.2, 0.25) is 5.13 Å². The number of para-hydroxylation sites is 1. The van der Waals surface area contributed by atoms with Gasteiger partial charge in [-0.3, -0.25) is 0 Å². The van der Waals surface area contributed by atoms with Gasteiger partial charge in [0.15, 0.2) is 0 Å². The molecular formula is C14H18N4S. The molecule has 100 valence electrons. The molecule has 2 aromatic rings. The minimum Gasteiger partial charge on any atom is -0.371 e. The van der Waals surface area contributed by atoms with Crippen LogP contribution in [0.2, 0.25) is 0 Å². The second kappa shape index (κ2) is 5.57. The Labute approximate surface area is 117 Å². The molecule has 0 amide bonds. The van der Waals surface area contributed by atoms with Crippen molar-refractivity contribution in [1.82, 2.24) is 10.2 Å². The number of aromatic nitrogens is 2. The van der Waals surface area contributed by atoms with Gasteiger partial charge < -0.3 is 10.2 Å². The molecule has 0 bridgehead atoms. The van der Waals surface area contributed by atoms with Crippen LogP contribution in [0.3, 0.4) is 0 Å². The molecule has 0 saturated carbocycles. The summed E-state index contributed by atoms with van der Waals surface area (Å²) in [4.78, 5) is 2.47. The van der Waals surface area contributed by atoms with Gasteiger partial charge >= 0.3 is 0 Å². The van der Waals surface area contributed by atoms with Crippen LogP contribution in [0.25, 0.3) is 0 Å².